The van der Waals surface area contributed by atoms with Crippen molar-refractivity contribution in [2.75, 3.05) is 18.4 Å². The molecule has 1 aromatic rings. The Morgan fingerprint density at radius 3 is 2.24 bits per heavy atom. The van der Waals surface area contributed by atoms with Crippen LogP contribution in [0.25, 0.3) is 0 Å². The number of piperidine rings is 1. The number of rotatable bonds is 4. The molecular weight excluding hydrogens is 286 g/mol. The van der Waals surface area contributed by atoms with E-state index in [1.807, 2.05) is 12.1 Å². The molecule has 0 spiro atoms. The van der Waals surface area contributed by atoms with Crippen LogP contribution in [0.3, 0.4) is 0 Å². The van der Waals surface area contributed by atoms with Gasteiger partial charge < -0.3 is 5.32 Å². The number of nitriles is 1. The van der Waals surface area contributed by atoms with Gasteiger partial charge in [-0.1, -0.05) is 0 Å². The van der Waals surface area contributed by atoms with Crippen molar-refractivity contribution < 1.29 is 8.42 Å². The number of sulfonamides is 1. The average molecular weight is 305 g/mol. The molecule has 0 amide bonds. The smallest absolute Gasteiger partial charge is 0.216 e. The molecule has 1 N–H and O–H groups in total. The van der Waals surface area contributed by atoms with Crippen LogP contribution in [0.15, 0.2) is 24.3 Å². The second kappa shape index (κ2) is 5.66. The molecule has 2 fully saturated rings. The lowest BCUT2D eigenvalue weighted by molar-refractivity contribution is 0.329. The summed E-state index contributed by atoms with van der Waals surface area (Å²) < 4.78 is 26.0. The van der Waals surface area contributed by atoms with Gasteiger partial charge in [-0.2, -0.15) is 5.26 Å². The summed E-state index contributed by atoms with van der Waals surface area (Å²) in [5.74, 6) is 0. The highest BCUT2D eigenvalue weighted by atomic mass is 32.2. The van der Waals surface area contributed by atoms with E-state index in [4.69, 9.17) is 5.26 Å². The van der Waals surface area contributed by atoms with E-state index in [0.29, 0.717) is 24.7 Å². The summed E-state index contributed by atoms with van der Waals surface area (Å²) >= 11 is 0. The Kier molecular flexibility index (Phi) is 3.87. The van der Waals surface area contributed by atoms with Crippen LogP contribution in [0.5, 0.6) is 0 Å². The summed E-state index contributed by atoms with van der Waals surface area (Å²) in [5.41, 5.74) is 1.63. The molecule has 1 heterocycles. The molecule has 1 aliphatic heterocycles. The lowest BCUT2D eigenvalue weighted by Crippen LogP contribution is -2.43. The SMILES string of the molecule is N#Cc1ccc(NC2CCN(S(=O)(=O)C3CC3)CC2)cc1. The molecule has 0 bridgehead atoms. The van der Waals surface area contributed by atoms with Crippen LogP contribution >= 0.6 is 0 Å². The molecule has 1 saturated heterocycles. The molecule has 2 aliphatic rings. The van der Waals surface area contributed by atoms with E-state index in [0.717, 1.165) is 31.4 Å². The Balaban J connectivity index is 1.55. The largest absolute Gasteiger partial charge is 0.382 e. The lowest BCUT2D eigenvalue weighted by Gasteiger charge is -2.32. The van der Waals surface area contributed by atoms with Gasteiger partial charge in [-0.15, -0.1) is 0 Å². The van der Waals surface area contributed by atoms with Gasteiger partial charge in [-0.25, -0.2) is 12.7 Å². The van der Waals surface area contributed by atoms with Crippen molar-refractivity contribution >= 4 is 15.7 Å². The second-order valence-electron chi connectivity index (χ2n) is 5.75. The normalized spacial score (nSPS) is 20.9. The molecule has 1 saturated carbocycles. The molecule has 6 heteroatoms. The molecule has 0 unspecified atom stereocenters. The zero-order valence-corrected chi connectivity index (χ0v) is 12.6. The zero-order valence-electron chi connectivity index (χ0n) is 11.8. The third-order valence-electron chi connectivity index (χ3n) is 4.14. The van der Waals surface area contributed by atoms with Gasteiger partial charge in [0.05, 0.1) is 16.9 Å². The van der Waals surface area contributed by atoms with Crippen LogP contribution in [0, 0.1) is 11.3 Å². The van der Waals surface area contributed by atoms with E-state index in [-0.39, 0.29) is 5.25 Å². The Morgan fingerprint density at radius 2 is 1.71 bits per heavy atom. The molecule has 0 atom stereocenters. The zero-order chi connectivity index (χ0) is 14.9. The van der Waals surface area contributed by atoms with Crippen molar-refractivity contribution in [2.45, 2.75) is 37.0 Å². The predicted molar refractivity (Wildman–Crippen MR) is 81.3 cm³/mol. The van der Waals surface area contributed by atoms with Crippen LogP contribution in [-0.4, -0.2) is 37.1 Å². The number of benzene rings is 1. The van der Waals surface area contributed by atoms with Crippen LogP contribution < -0.4 is 5.32 Å². The molecule has 5 nitrogen and oxygen atoms in total. The van der Waals surface area contributed by atoms with E-state index >= 15 is 0 Å². The van der Waals surface area contributed by atoms with Crippen molar-refractivity contribution in [3.63, 3.8) is 0 Å². The minimum atomic E-state index is -3.02. The van der Waals surface area contributed by atoms with Crippen molar-refractivity contribution in [3.05, 3.63) is 29.8 Å². The standard InChI is InChI=1S/C15H19N3O2S/c16-11-12-1-3-13(4-2-12)17-14-7-9-18(10-8-14)21(19,20)15-5-6-15/h1-4,14-15,17H,5-10H2. The van der Waals surface area contributed by atoms with Gasteiger partial charge in [0, 0.05) is 24.8 Å². The van der Waals surface area contributed by atoms with E-state index in [1.165, 1.54) is 0 Å². The van der Waals surface area contributed by atoms with Crippen molar-refractivity contribution in [1.29, 1.82) is 5.26 Å². The Hall–Kier alpha value is -1.58. The van der Waals surface area contributed by atoms with Crippen molar-refractivity contribution in [2.24, 2.45) is 0 Å². The molecule has 1 aliphatic carbocycles. The van der Waals surface area contributed by atoms with E-state index < -0.39 is 10.0 Å². The molecule has 21 heavy (non-hydrogen) atoms. The third-order valence-corrected chi connectivity index (χ3v) is 6.54. The number of nitrogens with zero attached hydrogens (tertiary/aromatic N) is 2. The monoisotopic (exact) mass is 305 g/mol. The second-order valence-corrected chi connectivity index (χ2v) is 7.96. The average Bonchev–Trinajstić information content (AvgIpc) is 3.34. The number of hydrogen-bond acceptors (Lipinski definition) is 4. The quantitative estimate of drug-likeness (QED) is 0.922. The minimum Gasteiger partial charge on any atom is -0.382 e. The first-order valence-electron chi connectivity index (χ1n) is 7.35. The van der Waals surface area contributed by atoms with E-state index in [1.54, 1.807) is 16.4 Å². The van der Waals surface area contributed by atoms with Gasteiger partial charge in [-0.05, 0) is 49.9 Å². The van der Waals surface area contributed by atoms with Crippen LogP contribution in [0.4, 0.5) is 5.69 Å². The Morgan fingerprint density at radius 1 is 1.10 bits per heavy atom. The Bertz CT molecular complexity index is 636. The number of hydrogen-bond donors (Lipinski definition) is 1. The summed E-state index contributed by atoms with van der Waals surface area (Å²) in [6.45, 7) is 1.21. The fraction of sp³-hybridized carbons (Fsp3) is 0.533. The topological polar surface area (TPSA) is 73.2 Å². The summed E-state index contributed by atoms with van der Waals surface area (Å²) in [5, 5.41) is 12.1. The number of nitrogens with one attached hydrogen (secondary N) is 1. The van der Waals surface area contributed by atoms with Crippen LogP contribution in [0.2, 0.25) is 0 Å². The highest BCUT2D eigenvalue weighted by molar-refractivity contribution is 7.90. The van der Waals surface area contributed by atoms with Crippen LogP contribution in [0.1, 0.15) is 31.2 Å². The summed E-state index contributed by atoms with van der Waals surface area (Å²) in [6.07, 6.45) is 3.30. The van der Waals surface area contributed by atoms with Gasteiger partial charge in [0.15, 0.2) is 0 Å². The fourth-order valence-corrected chi connectivity index (χ4v) is 4.58. The predicted octanol–water partition coefficient (Wildman–Crippen LogP) is 1.93. The third kappa shape index (κ3) is 3.20. The maximum absolute atomic E-state index is 12.2. The first-order chi connectivity index (χ1) is 10.1. The summed E-state index contributed by atoms with van der Waals surface area (Å²) in [7, 11) is -3.02. The molecule has 3 rings (SSSR count). The van der Waals surface area contributed by atoms with Gasteiger partial charge >= 0.3 is 0 Å². The fourth-order valence-electron chi connectivity index (χ4n) is 2.71. The summed E-state index contributed by atoms with van der Waals surface area (Å²) in [6, 6.07) is 9.75. The highest BCUT2D eigenvalue weighted by Crippen LogP contribution is 2.32. The Labute approximate surface area is 125 Å². The minimum absolute atomic E-state index is 0.111. The lowest BCUT2D eigenvalue weighted by atomic mass is 10.1. The molecular formula is C15H19N3O2S. The van der Waals surface area contributed by atoms with Crippen molar-refractivity contribution in [3.8, 4) is 6.07 Å². The van der Waals surface area contributed by atoms with Crippen molar-refractivity contribution in [1.82, 2.24) is 4.31 Å². The van der Waals surface area contributed by atoms with Gasteiger partial charge in [0.25, 0.3) is 0 Å². The maximum atomic E-state index is 12.2. The van der Waals surface area contributed by atoms with Gasteiger partial charge in [0.2, 0.25) is 10.0 Å². The molecule has 112 valence electrons. The molecule has 1 aromatic carbocycles. The maximum Gasteiger partial charge on any atom is 0.216 e. The van der Waals surface area contributed by atoms with Crippen LogP contribution in [-0.2, 0) is 10.0 Å². The first kappa shape index (κ1) is 14.4. The highest BCUT2D eigenvalue weighted by Gasteiger charge is 2.41. The number of anilines is 1. The molecule has 0 radical (unpaired) electrons. The molecule has 0 aromatic heterocycles. The first-order valence-corrected chi connectivity index (χ1v) is 8.85. The van der Waals surface area contributed by atoms with Gasteiger partial charge in [0.1, 0.15) is 0 Å². The van der Waals surface area contributed by atoms with Gasteiger partial charge in [-0.3, -0.25) is 0 Å². The summed E-state index contributed by atoms with van der Waals surface area (Å²) in [4.78, 5) is 0. The van der Waals surface area contributed by atoms with E-state index in [9.17, 15) is 8.42 Å². The van der Waals surface area contributed by atoms with E-state index in [2.05, 4.69) is 11.4 Å².